The van der Waals surface area contributed by atoms with Crippen LogP contribution in [0.4, 0.5) is 4.79 Å². The topological polar surface area (TPSA) is 75.4 Å². The van der Waals surface area contributed by atoms with Gasteiger partial charge in [-0.25, -0.2) is 4.79 Å². The molecule has 1 atom stereocenters. The molecule has 1 unspecified atom stereocenters. The van der Waals surface area contributed by atoms with Gasteiger partial charge in [0, 0.05) is 0 Å². The Bertz CT molecular complexity index is 214. The zero-order valence-electron chi connectivity index (χ0n) is 5.91. The highest BCUT2D eigenvalue weighted by atomic mass is 16.2. The molecule has 0 radical (unpaired) electrons. The molecule has 1 saturated heterocycles. The smallest absolute Gasteiger partial charge is 0.308 e. The van der Waals surface area contributed by atoms with Crippen LogP contribution >= 0.6 is 0 Å². The van der Waals surface area contributed by atoms with E-state index in [0.29, 0.717) is 0 Å². The maximum Gasteiger partial charge on any atom is 0.326 e. The molecule has 5 heteroatoms. The summed E-state index contributed by atoms with van der Waals surface area (Å²) >= 11 is 0. The number of hydrogen-bond donors (Lipinski definition) is 2. The van der Waals surface area contributed by atoms with Crippen LogP contribution in [0.5, 0.6) is 0 Å². The van der Waals surface area contributed by atoms with Gasteiger partial charge in [0.1, 0.15) is 12.7 Å². The number of carbonyl (C=O) groups is 2. The van der Waals surface area contributed by atoms with Gasteiger partial charge in [-0.2, -0.15) is 0 Å². The van der Waals surface area contributed by atoms with Crippen molar-refractivity contribution in [3.05, 3.63) is 12.7 Å². The first-order valence-electron chi connectivity index (χ1n) is 3.13. The third-order valence-corrected chi connectivity index (χ3v) is 1.42. The number of hydrogen-bond acceptors (Lipinski definition) is 3. The van der Waals surface area contributed by atoms with E-state index in [1.807, 2.05) is 0 Å². The molecule has 3 amide bonds. The predicted octanol–water partition coefficient (Wildman–Crippen LogP) is -0.991. The summed E-state index contributed by atoms with van der Waals surface area (Å²) in [4.78, 5) is 22.7. The molecule has 0 aromatic heterocycles. The Hall–Kier alpha value is -1.36. The summed E-state index contributed by atoms with van der Waals surface area (Å²) in [6, 6.07) is -0.456. The number of amides is 3. The fraction of sp³-hybridized carbons (Fsp3) is 0.333. The molecule has 0 aromatic rings. The Morgan fingerprint density at radius 2 is 2.36 bits per heavy atom. The van der Waals surface area contributed by atoms with E-state index in [1.54, 1.807) is 0 Å². The minimum absolute atomic E-state index is 0.0199. The van der Waals surface area contributed by atoms with Crippen LogP contribution < -0.4 is 11.1 Å². The van der Waals surface area contributed by atoms with Crippen LogP contribution in [-0.4, -0.2) is 29.5 Å². The normalized spacial score (nSPS) is 19.9. The maximum absolute atomic E-state index is 10.9. The van der Waals surface area contributed by atoms with E-state index in [0.717, 1.165) is 0 Å². The molecule has 1 aliphatic heterocycles. The van der Waals surface area contributed by atoms with Crippen LogP contribution in [0.3, 0.4) is 0 Å². The summed E-state index contributed by atoms with van der Waals surface area (Å²) < 4.78 is 0. The van der Waals surface area contributed by atoms with Crippen molar-refractivity contribution in [3.63, 3.8) is 0 Å². The van der Waals surface area contributed by atoms with Crippen molar-refractivity contribution in [2.24, 2.45) is 5.73 Å². The Labute approximate surface area is 63.8 Å². The van der Waals surface area contributed by atoms with Crippen molar-refractivity contribution in [1.29, 1.82) is 0 Å². The fourth-order valence-corrected chi connectivity index (χ4v) is 0.825. The number of nitrogens with zero attached hydrogens (tertiary/aromatic N) is 1. The van der Waals surface area contributed by atoms with E-state index in [9.17, 15) is 9.59 Å². The van der Waals surface area contributed by atoms with Crippen LogP contribution in [0, 0.1) is 0 Å². The number of imide groups is 1. The maximum atomic E-state index is 10.9. The van der Waals surface area contributed by atoms with Crippen molar-refractivity contribution in [1.82, 2.24) is 10.2 Å². The number of rotatable bonds is 2. The molecular weight excluding hydrogens is 146 g/mol. The third kappa shape index (κ3) is 1.38. The van der Waals surface area contributed by atoms with E-state index in [4.69, 9.17) is 5.73 Å². The minimum atomic E-state index is -0.582. The van der Waals surface area contributed by atoms with Crippen LogP contribution in [0.15, 0.2) is 12.7 Å². The number of urea groups is 1. The summed E-state index contributed by atoms with van der Waals surface area (Å²) in [5, 5.41) is 2.10. The molecule has 1 heterocycles. The summed E-state index contributed by atoms with van der Waals surface area (Å²) in [5.41, 5.74) is 5.43. The van der Waals surface area contributed by atoms with Crippen molar-refractivity contribution in [2.45, 2.75) is 6.17 Å². The predicted molar refractivity (Wildman–Crippen MR) is 38.4 cm³/mol. The second kappa shape index (κ2) is 2.71. The highest BCUT2D eigenvalue weighted by molar-refractivity contribution is 6.02. The van der Waals surface area contributed by atoms with Crippen molar-refractivity contribution in [2.75, 3.05) is 6.54 Å². The standard InChI is InChI=1S/C6H9N3O2/c1-2-4(7)9-3-5(10)8-6(9)11/h2,4H,1,3,7H2,(H,8,10,11). The van der Waals surface area contributed by atoms with Gasteiger partial charge in [-0.05, 0) is 0 Å². The van der Waals surface area contributed by atoms with Crippen molar-refractivity contribution < 1.29 is 9.59 Å². The van der Waals surface area contributed by atoms with Gasteiger partial charge in [0.15, 0.2) is 0 Å². The van der Waals surface area contributed by atoms with E-state index >= 15 is 0 Å². The minimum Gasteiger partial charge on any atom is -0.308 e. The summed E-state index contributed by atoms with van der Waals surface area (Å²) in [6.07, 6.45) is 0.819. The fourth-order valence-electron chi connectivity index (χ4n) is 0.825. The van der Waals surface area contributed by atoms with Gasteiger partial charge in [-0.3, -0.25) is 15.0 Å². The van der Waals surface area contributed by atoms with Crippen LogP contribution in [0.25, 0.3) is 0 Å². The molecule has 0 aromatic carbocycles. The Balaban J connectivity index is 2.66. The average Bonchev–Trinajstić information content (AvgIpc) is 2.28. The molecule has 0 bridgehead atoms. The lowest BCUT2D eigenvalue weighted by molar-refractivity contribution is -0.118. The highest BCUT2D eigenvalue weighted by Crippen LogP contribution is 2.00. The van der Waals surface area contributed by atoms with E-state index < -0.39 is 12.2 Å². The average molecular weight is 155 g/mol. The zero-order chi connectivity index (χ0) is 8.43. The third-order valence-electron chi connectivity index (χ3n) is 1.42. The second-order valence-electron chi connectivity index (χ2n) is 2.21. The van der Waals surface area contributed by atoms with Gasteiger partial charge in [0.25, 0.3) is 0 Å². The van der Waals surface area contributed by atoms with Gasteiger partial charge in [0.2, 0.25) is 5.91 Å². The number of nitrogens with two attached hydrogens (primary N) is 1. The van der Waals surface area contributed by atoms with E-state index in [2.05, 4.69) is 11.9 Å². The molecule has 0 saturated carbocycles. The lowest BCUT2D eigenvalue weighted by atomic mass is 10.4. The highest BCUT2D eigenvalue weighted by Gasteiger charge is 2.29. The molecule has 0 aliphatic carbocycles. The molecular formula is C6H9N3O2. The van der Waals surface area contributed by atoms with Gasteiger partial charge >= 0.3 is 6.03 Å². The molecule has 0 spiro atoms. The number of carbonyl (C=O) groups excluding carboxylic acids is 2. The molecule has 1 aliphatic rings. The molecule has 5 nitrogen and oxygen atoms in total. The quantitative estimate of drug-likeness (QED) is 0.397. The molecule has 60 valence electrons. The van der Waals surface area contributed by atoms with Crippen LogP contribution in [0.2, 0.25) is 0 Å². The molecule has 11 heavy (non-hydrogen) atoms. The van der Waals surface area contributed by atoms with Gasteiger partial charge in [-0.1, -0.05) is 12.7 Å². The second-order valence-corrected chi connectivity index (χ2v) is 2.21. The first-order valence-corrected chi connectivity index (χ1v) is 3.13. The van der Waals surface area contributed by atoms with Gasteiger partial charge in [-0.15, -0.1) is 0 Å². The Morgan fingerprint density at radius 1 is 1.73 bits per heavy atom. The summed E-state index contributed by atoms with van der Waals surface area (Å²) in [7, 11) is 0. The van der Waals surface area contributed by atoms with E-state index in [-0.39, 0.29) is 12.5 Å². The largest absolute Gasteiger partial charge is 0.326 e. The van der Waals surface area contributed by atoms with E-state index in [1.165, 1.54) is 11.0 Å². The molecule has 1 rings (SSSR count). The Morgan fingerprint density at radius 3 is 2.73 bits per heavy atom. The van der Waals surface area contributed by atoms with Crippen LogP contribution in [-0.2, 0) is 4.79 Å². The van der Waals surface area contributed by atoms with Crippen molar-refractivity contribution >= 4 is 11.9 Å². The van der Waals surface area contributed by atoms with Crippen molar-refractivity contribution in [3.8, 4) is 0 Å². The monoisotopic (exact) mass is 155 g/mol. The SMILES string of the molecule is C=CC(N)N1CC(=O)NC1=O. The Kier molecular flexibility index (Phi) is 1.91. The molecule has 3 N–H and O–H groups in total. The van der Waals surface area contributed by atoms with Gasteiger partial charge < -0.3 is 5.73 Å². The molecule has 1 fully saturated rings. The lowest BCUT2D eigenvalue weighted by Crippen LogP contribution is -2.42. The summed E-state index contributed by atoms with van der Waals surface area (Å²) in [5.74, 6) is -0.327. The van der Waals surface area contributed by atoms with Crippen LogP contribution in [0.1, 0.15) is 0 Å². The first kappa shape index (κ1) is 7.74. The van der Waals surface area contributed by atoms with Gasteiger partial charge in [0.05, 0.1) is 0 Å². The zero-order valence-corrected chi connectivity index (χ0v) is 5.91. The first-order chi connectivity index (χ1) is 5.15. The summed E-state index contributed by atoms with van der Waals surface area (Å²) in [6.45, 7) is 3.43. The lowest BCUT2D eigenvalue weighted by Gasteiger charge is -2.17. The number of nitrogens with one attached hydrogen (secondary N) is 1.